The van der Waals surface area contributed by atoms with Gasteiger partial charge >= 0.3 is 0 Å². The number of piperazine rings is 1. The lowest BCUT2D eigenvalue weighted by molar-refractivity contribution is -0.133. The van der Waals surface area contributed by atoms with Crippen LogP contribution >= 0.6 is 0 Å². The first kappa shape index (κ1) is 12.4. The van der Waals surface area contributed by atoms with Crippen molar-refractivity contribution in [1.82, 2.24) is 15.1 Å². The van der Waals surface area contributed by atoms with E-state index in [0.717, 1.165) is 32.7 Å². The predicted octanol–water partition coefficient (Wildman–Crippen LogP) is -0.323. The van der Waals surface area contributed by atoms with Gasteiger partial charge in [0.1, 0.15) is 0 Å². The van der Waals surface area contributed by atoms with Crippen LogP contribution in [0.5, 0.6) is 0 Å². The maximum absolute atomic E-state index is 11.9. The van der Waals surface area contributed by atoms with Crippen molar-refractivity contribution in [3.05, 3.63) is 0 Å². The van der Waals surface area contributed by atoms with Crippen LogP contribution in [0.2, 0.25) is 0 Å². The van der Waals surface area contributed by atoms with Gasteiger partial charge in [-0.3, -0.25) is 9.59 Å². The number of amides is 2. The molecule has 96 valence electrons. The second-order valence-corrected chi connectivity index (χ2v) is 5.03. The lowest BCUT2D eigenvalue weighted by Gasteiger charge is -2.28. The average molecular weight is 239 g/mol. The fourth-order valence-corrected chi connectivity index (χ4v) is 2.49. The Hall–Kier alpha value is -1.10. The highest BCUT2D eigenvalue weighted by molar-refractivity contribution is 5.80. The second-order valence-electron chi connectivity index (χ2n) is 5.03. The summed E-state index contributed by atoms with van der Waals surface area (Å²) in [4.78, 5) is 27.2. The van der Waals surface area contributed by atoms with Crippen LogP contribution in [0.25, 0.3) is 0 Å². The maximum atomic E-state index is 11.9. The van der Waals surface area contributed by atoms with Crippen molar-refractivity contribution in [1.29, 1.82) is 0 Å². The minimum Gasteiger partial charge on any atom is -0.342 e. The van der Waals surface area contributed by atoms with Gasteiger partial charge in [0.05, 0.1) is 0 Å². The molecule has 2 rings (SSSR count). The first-order chi connectivity index (χ1) is 8.16. The van der Waals surface area contributed by atoms with Gasteiger partial charge in [0.25, 0.3) is 0 Å². The molecular formula is C12H21N3O2. The Morgan fingerprint density at radius 2 is 2.12 bits per heavy atom. The zero-order chi connectivity index (χ0) is 12.3. The van der Waals surface area contributed by atoms with Gasteiger partial charge in [-0.2, -0.15) is 0 Å². The van der Waals surface area contributed by atoms with Gasteiger partial charge in [-0.25, -0.2) is 0 Å². The molecule has 5 heteroatoms. The van der Waals surface area contributed by atoms with Crippen LogP contribution in [-0.2, 0) is 9.59 Å². The summed E-state index contributed by atoms with van der Waals surface area (Å²) in [6.45, 7) is 6.83. The number of nitrogens with zero attached hydrogens (tertiary/aromatic N) is 2. The summed E-state index contributed by atoms with van der Waals surface area (Å²) >= 11 is 0. The van der Waals surface area contributed by atoms with E-state index in [-0.39, 0.29) is 11.8 Å². The summed E-state index contributed by atoms with van der Waals surface area (Å²) in [6, 6.07) is 0. The molecule has 2 fully saturated rings. The van der Waals surface area contributed by atoms with Gasteiger partial charge < -0.3 is 15.1 Å². The number of hydrogen-bond donors (Lipinski definition) is 1. The largest absolute Gasteiger partial charge is 0.342 e. The Labute approximate surface area is 102 Å². The van der Waals surface area contributed by atoms with E-state index in [0.29, 0.717) is 25.3 Å². The van der Waals surface area contributed by atoms with Crippen molar-refractivity contribution >= 4 is 11.8 Å². The Bertz CT molecular complexity index is 300. The molecule has 0 aromatic heterocycles. The quantitative estimate of drug-likeness (QED) is 0.734. The van der Waals surface area contributed by atoms with Crippen LogP contribution < -0.4 is 5.32 Å². The lowest BCUT2D eigenvalue weighted by atomic mass is 10.2. The van der Waals surface area contributed by atoms with Gasteiger partial charge in [-0.15, -0.1) is 0 Å². The average Bonchev–Trinajstić information content (AvgIpc) is 2.66. The van der Waals surface area contributed by atoms with E-state index >= 15 is 0 Å². The van der Waals surface area contributed by atoms with Crippen molar-refractivity contribution in [2.24, 2.45) is 5.92 Å². The van der Waals surface area contributed by atoms with E-state index < -0.39 is 0 Å². The molecular weight excluding hydrogens is 218 g/mol. The van der Waals surface area contributed by atoms with E-state index in [2.05, 4.69) is 12.2 Å². The summed E-state index contributed by atoms with van der Waals surface area (Å²) in [6.07, 6.45) is 1.11. The van der Waals surface area contributed by atoms with Crippen LogP contribution in [-0.4, -0.2) is 60.9 Å². The molecule has 0 bridgehead atoms. The summed E-state index contributed by atoms with van der Waals surface area (Å²) in [7, 11) is 0. The first-order valence-corrected chi connectivity index (χ1v) is 6.43. The van der Waals surface area contributed by atoms with Crippen LogP contribution in [0.15, 0.2) is 0 Å². The van der Waals surface area contributed by atoms with Gasteiger partial charge in [0.15, 0.2) is 0 Å². The molecule has 2 aliphatic rings. The van der Waals surface area contributed by atoms with Gasteiger partial charge in [0.2, 0.25) is 11.8 Å². The molecule has 0 aliphatic carbocycles. The molecule has 17 heavy (non-hydrogen) atoms. The summed E-state index contributed by atoms with van der Waals surface area (Å²) < 4.78 is 0. The second kappa shape index (κ2) is 5.49. The topological polar surface area (TPSA) is 52.7 Å². The highest BCUT2D eigenvalue weighted by Gasteiger charge is 2.27. The molecule has 2 aliphatic heterocycles. The molecule has 0 radical (unpaired) electrons. The predicted molar refractivity (Wildman–Crippen MR) is 64.4 cm³/mol. The van der Waals surface area contributed by atoms with Crippen molar-refractivity contribution in [2.45, 2.75) is 19.8 Å². The molecule has 0 spiro atoms. The number of likely N-dealkylation sites (tertiary alicyclic amines) is 1. The van der Waals surface area contributed by atoms with E-state index in [1.165, 1.54) is 0 Å². The standard InChI is InChI=1S/C12H21N3O2/c1-10-8-12(17)15(9-10)5-2-11(16)14-6-3-13-4-7-14/h10,13H,2-9H2,1H3. The number of rotatable bonds is 3. The molecule has 0 saturated carbocycles. The van der Waals surface area contributed by atoms with E-state index in [1.54, 1.807) is 0 Å². The first-order valence-electron chi connectivity index (χ1n) is 6.43. The molecule has 2 saturated heterocycles. The fourth-order valence-electron chi connectivity index (χ4n) is 2.49. The molecule has 2 heterocycles. The zero-order valence-corrected chi connectivity index (χ0v) is 10.4. The van der Waals surface area contributed by atoms with Crippen LogP contribution in [0.3, 0.4) is 0 Å². The lowest BCUT2D eigenvalue weighted by Crippen LogP contribution is -2.47. The van der Waals surface area contributed by atoms with E-state index in [4.69, 9.17) is 0 Å². The van der Waals surface area contributed by atoms with Crippen LogP contribution in [0.4, 0.5) is 0 Å². The summed E-state index contributed by atoms with van der Waals surface area (Å²) in [5, 5.41) is 3.22. The normalized spacial score (nSPS) is 25.5. The third kappa shape index (κ3) is 3.19. The molecule has 5 nitrogen and oxygen atoms in total. The summed E-state index contributed by atoms with van der Waals surface area (Å²) in [5.41, 5.74) is 0. The fraction of sp³-hybridized carbons (Fsp3) is 0.833. The van der Waals surface area contributed by atoms with Crippen molar-refractivity contribution in [2.75, 3.05) is 39.3 Å². The van der Waals surface area contributed by atoms with Crippen molar-refractivity contribution in [3.8, 4) is 0 Å². The van der Waals surface area contributed by atoms with E-state index in [1.807, 2.05) is 9.80 Å². The Morgan fingerprint density at radius 3 is 2.71 bits per heavy atom. The Balaban J connectivity index is 1.74. The molecule has 1 atom stereocenters. The minimum atomic E-state index is 0.179. The van der Waals surface area contributed by atoms with E-state index in [9.17, 15) is 9.59 Å². The number of carbonyl (C=O) groups excluding carboxylic acids is 2. The smallest absolute Gasteiger partial charge is 0.224 e. The molecule has 1 unspecified atom stereocenters. The number of nitrogens with one attached hydrogen (secondary N) is 1. The minimum absolute atomic E-state index is 0.179. The third-order valence-corrected chi connectivity index (χ3v) is 3.47. The maximum Gasteiger partial charge on any atom is 0.224 e. The molecule has 0 aromatic rings. The van der Waals surface area contributed by atoms with Gasteiger partial charge in [-0.1, -0.05) is 6.92 Å². The molecule has 1 N–H and O–H groups in total. The molecule has 0 aromatic carbocycles. The van der Waals surface area contributed by atoms with Crippen LogP contribution in [0.1, 0.15) is 19.8 Å². The van der Waals surface area contributed by atoms with Gasteiger partial charge in [0, 0.05) is 52.1 Å². The highest BCUT2D eigenvalue weighted by atomic mass is 16.2. The van der Waals surface area contributed by atoms with Gasteiger partial charge in [-0.05, 0) is 5.92 Å². The van der Waals surface area contributed by atoms with Crippen molar-refractivity contribution in [3.63, 3.8) is 0 Å². The SMILES string of the molecule is CC1CC(=O)N(CCC(=O)N2CCNCC2)C1. The number of carbonyl (C=O) groups is 2. The Kier molecular flexibility index (Phi) is 3.99. The monoisotopic (exact) mass is 239 g/mol. The van der Waals surface area contributed by atoms with Crippen molar-refractivity contribution < 1.29 is 9.59 Å². The highest BCUT2D eigenvalue weighted by Crippen LogP contribution is 2.16. The zero-order valence-electron chi connectivity index (χ0n) is 10.4. The third-order valence-electron chi connectivity index (χ3n) is 3.47. The Morgan fingerprint density at radius 1 is 1.41 bits per heavy atom. The number of hydrogen-bond acceptors (Lipinski definition) is 3. The molecule has 2 amide bonds. The van der Waals surface area contributed by atoms with Crippen LogP contribution in [0, 0.1) is 5.92 Å². The summed E-state index contributed by atoms with van der Waals surface area (Å²) in [5.74, 6) is 0.821.